The van der Waals surface area contributed by atoms with E-state index in [2.05, 4.69) is 10.0 Å². The summed E-state index contributed by atoms with van der Waals surface area (Å²) in [5.41, 5.74) is 0. The van der Waals surface area contributed by atoms with E-state index in [0.29, 0.717) is 31.1 Å². The number of rotatable bonds is 6. The van der Waals surface area contributed by atoms with Gasteiger partial charge in [-0.3, -0.25) is 4.79 Å². The molecule has 0 aromatic heterocycles. The Balaban J connectivity index is 2.25. The minimum Gasteiger partial charge on any atom is -0.490 e. The molecule has 2 N–H and O–H groups in total. The molecule has 1 aliphatic rings. The average Bonchev–Trinajstić information content (AvgIpc) is 2.77. The van der Waals surface area contributed by atoms with Crippen molar-refractivity contribution >= 4 is 15.9 Å². The zero-order valence-corrected chi connectivity index (χ0v) is 15.0. The lowest BCUT2D eigenvalue weighted by molar-refractivity contribution is -0.122. The third-order valence-electron chi connectivity index (χ3n) is 3.60. The second kappa shape index (κ2) is 7.85. The monoisotopic (exact) mass is 356 g/mol. The van der Waals surface area contributed by atoms with Crippen LogP contribution in [0, 0.1) is 5.92 Å². The molecule has 0 spiro atoms. The largest absolute Gasteiger partial charge is 0.490 e. The van der Waals surface area contributed by atoms with Gasteiger partial charge < -0.3 is 14.8 Å². The van der Waals surface area contributed by atoms with Gasteiger partial charge in [0.25, 0.3) is 0 Å². The number of carbonyl (C=O) groups is 1. The van der Waals surface area contributed by atoms with Crippen molar-refractivity contribution in [2.24, 2.45) is 5.92 Å². The van der Waals surface area contributed by atoms with Crippen molar-refractivity contribution in [1.82, 2.24) is 10.0 Å². The Morgan fingerprint density at radius 3 is 2.50 bits per heavy atom. The molecular weight excluding hydrogens is 332 g/mol. The third kappa shape index (κ3) is 4.61. The molecule has 0 fully saturated rings. The van der Waals surface area contributed by atoms with Crippen LogP contribution in [0.2, 0.25) is 0 Å². The maximum absolute atomic E-state index is 12.6. The van der Waals surface area contributed by atoms with E-state index in [1.54, 1.807) is 6.07 Å². The summed E-state index contributed by atoms with van der Waals surface area (Å²) in [6, 6.07) is 3.63. The molecule has 0 saturated carbocycles. The van der Waals surface area contributed by atoms with Crippen LogP contribution in [-0.2, 0) is 14.8 Å². The number of likely N-dealkylation sites (N-methyl/N-ethyl adjacent to an activating group) is 1. The topological polar surface area (TPSA) is 93.7 Å². The first-order valence-corrected chi connectivity index (χ1v) is 9.45. The van der Waals surface area contributed by atoms with E-state index in [-0.39, 0.29) is 16.7 Å². The van der Waals surface area contributed by atoms with E-state index in [4.69, 9.17) is 9.47 Å². The summed E-state index contributed by atoms with van der Waals surface area (Å²) in [5, 5.41) is 2.49. The van der Waals surface area contributed by atoms with Gasteiger partial charge in [-0.1, -0.05) is 13.8 Å². The molecule has 7 nitrogen and oxygen atoms in total. The molecule has 2 rings (SSSR count). The third-order valence-corrected chi connectivity index (χ3v) is 5.07. The maximum Gasteiger partial charge on any atom is 0.241 e. The van der Waals surface area contributed by atoms with E-state index >= 15 is 0 Å². The van der Waals surface area contributed by atoms with E-state index < -0.39 is 16.1 Å². The number of sulfonamides is 1. The first-order valence-electron chi connectivity index (χ1n) is 7.97. The summed E-state index contributed by atoms with van der Waals surface area (Å²) in [5.74, 6) is 0.729. The smallest absolute Gasteiger partial charge is 0.241 e. The SMILES string of the molecule is CNC(=O)[C@@H](CC(C)C)NS(=O)(=O)c1ccc2c(c1)OCCCO2. The highest BCUT2D eigenvalue weighted by molar-refractivity contribution is 7.89. The van der Waals surface area contributed by atoms with Gasteiger partial charge in [-0.05, 0) is 24.5 Å². The highest BCUT2D eigenvalue weighted by Gasteiger charge is 2.27. The van der Waals surface area contributed by atoms with Crippen LogP contribution in [0.25, 0.3) is 0 Å². The minimum absolute atomic E-state index is 0.0457. The van der Waals surface area contributed by atoms with E-state index in [1.807, 2.05) is 13.8 Å². The molecule has 134 valence electrons. The van der Waals surface area contributed by atoms with Crippen LogP contribution < -0.4 is 19.5 Å². The maximum atomic E-state index is 12.6. The van der Waals surface area contributed by atoms with Crippen molar-refractivity contribution in [2.75, 3.05) is 20.3 Å². The average molecular weight is 356 g/mol. The summed E-state index contributed by atoms with van der Waals surface area (Å²) in [4.78, 5) is 12.0. The molecule has 1 atom stereocenters. The Morgan fingerprint density at radius 1 is 1.21 bits per heavy atom. The van der Waals surface area contributed by atoms with Crippen molar-refractivity contribution in [3.8, 4) is 11.5 Å². The molecule has 8 heteroatoms. The van der Waals surface area contributed by atoms with Gasteiger partial charge in [0.15, 0.2) is 11.5 Å². The van der Waals surface area contributed by atoms with E-state index in [0.717, 1.165) is 6.42 Å². The van der Waals surface area contributed by atoms with Crippen LogP contribution in [-0.4, -0.2) is 40.6 Å². The molecular formula is C16H24N2O5S. The Bertz CT molecular complexity index is 688. The summed E-state index contributed by atoms with van der Waals surface area (Å²) >= 11 is 0. The highest BCUT2D eigenvalue weighted by atomic mass is 32.2. The van der Waals surface area contributed by atoms with Crippen molar-refractivity contribution in [3.05, 3.63) is 18.2 Å². The fourth-order valence-electron chi connectivity index (χ4n) is 2.42. The van der Waals surface area contributed by atoms with Gasteiger partial charge in [-0.15, -0.1) is 0 Å². The lowest BCUT2D eigenvalue weighted by atomic mass is 10.0. The van der Waals surface area contributed by atoms with Gasteiger partial charge >= 0.3 is 0 Å². The first-order chi connectivity index (χ1) is 11.3. The quantitative estimate of drug-likeness (QED) is 0.801. The molecule has 1 aromatic rings. The molecule has 24 heavy (non-hydrogen) atoms. The Kier molecular flexibility index (Phi) is 6.06. The molecule has 0 aliphatic carbocycles. The second-order valence-electron chi connectivity index (χ2n) is 6.08. The van der Waals surface area contributed by atoms with Crippen LogP contribution >= 0.6 is 0 Å². The molecule has 0 unspecified atom stereocenters. The number of hydrogen-bond donors (Lipinski definition) is 2. The molecule has 0 saturated heterocycles. The molecule has 1 aromatic carbocycles. The molecule has 0 bridgehead atoms. The molecule has 1 heterocycles. The fourth-order valence-corrected chi connectivity index (χ4v) is 3.64. The first kappa shape index (κ1) is 18.5. The number of hydrogen-bond acceptors (Lipinski definition) is 5. The summed E-state index contributed by atoms with van der Waals surface area (Å²) in [7, 11) is -2.37. The number of fused-ring (bicyclic) bond motifs is 1. The molecule has 1 aliphatic heterocycles. The molecule has 1 amide bonds. The van der Waals surface area contributed by atoms with Crippen LogP contribution in [0.4, 0.5) is 0 Å². The fraction of sp³-hybridized carbons (Fsp3) is 0.562. The number of nitrogens with one attached hydrogen (secondary N) is 2. The standard InChI is InChI=1S/C16H24N2O5S/c1-11(2)9-13(16(19)17-3)18-24(20,21)12-5-6-14-15(10-12)23-8-4-7-22-14/h5-6,10-11,13,18H,4,7-9H2,1-3H3,(H,17,19)/t13-/m1/s1. The Labute approximate surface area is 142 Å². The lowest BCUT2D eigenvalue weighted by Crippen LogP contribution is -2.46. The Hall–Kier alpha value is -1.80. The van der Waals surface area contributed by atoms with Crippen molar-refractivity contribution in [1.29, 1.82) is 0 Å². The van der Waals surface area contributed by atoms with Crippen LogP contribution in [0.15, 0.2) is 23.1 Å². The summed E-state index contributed by atoms with van der Waals surface area (Å²) in [6.07, 6.45) is 1.14. The van der Waals surface area contributed by atoms with Gasteiger partial charge in [0, 0.05) is 19.5 Å². The predicted molar refractivity (Wildman–Crippen MR) is 89.7 cm³/mol. The summed E-state index contributed by atoms with van der Waals surface area (Å²) in [6.45, 7) is 4.86. The lowest BCUT2D eigenvalue weighted by Gasteiger charge is -2.19. The second-order valence-corrected chi connectivity index (χ2v) is 7.79. The van der Waals surface area contributed by atoms with Crippen molar-refractivity contribution in [3.63, 3.8) is 0 Å². The van der Waals surface area contributed by atoms with Gasteiger partial charge in [-0.2, -0.15) is 4.72 Å². The van der Waals surface area contributed by atoms with E-state index in [9.17, 15) is 13.2 Å². The number of amides is 1. The van der Waals surface area contributed by atoms with Crippen molar-refractivity contribution in [2.45, 2.75) is 37.6 Å². The number of carbonyl (C=O) groups excluding carboxylic acids is 1. The predicted octanol–water partition coefficient (Wildman–Crippen LogP) is 1.29. The minimum atomic E-state index is -3.85. The van der Waals surface area contributed by atoms with Crippen LogP contribution in [0.1, 0.15) is 26.7 Å². The molecule has 0 radical (unpaired) electrons. The normalized spacial score (nSPS) is 15.7. The zero-order valence-electron chi connectivity index (χ0n) is 14.2. The van der Waals surface area contributed by atoms with Gasteiger partial charge in [0.2, 0.25) is 15.9 Å². The van der Waals surface area contributed by atoms with E-state index in [1.165, 1.54) is 19.2 Å². The highest BCUT2D eigenvalue weighted by Crippen LogP contribution is 2.32. The number of ether oxygens (including phenoxy) is 2. The Morgan fingerprint density at radius 2 is 1.88 bits per heavy atom. The van der Waals surface area contributed by atoms with Crippen molar-refractivity contribution < 1.29 is 22.7 Å². The van der Waals surface area contributed by atoms with Gasteiger partial charge in [-0.25, -0.2) is 8.42 Å². The number of benzene rings is 1. The summed E-state index contributed by atoms with van der Waals surface area (Å²) < 4.78 is 38.8. The zero-order chi connectivity index (χ0) is 17.7. The van der Waals surface area contributed by atoms with Crippen LogP contribution in [0.3, 0.4) is 0 Å². The van der Waals surface area contributed by atoms with Gasteiger partial charge in [0.1, 0.15) is 6.04 Å². The van der Waals surface area contributed by atoms with Crippen LogP contribution in [0.5, 0.6) is 11.5 Å². The van der Waals surface area contributed by atoms with Gasteiger partial charge in [0.05, 0.1) is 18.1 Å².